The number of halogens is 1. The molecule has 35 heavy (non-hydrogen) atoms. The van der Waals surface area contributed by atoms with Gasteiger partial charge in [-0.05, 0) is 63.1 Å². The number of amides is 4. The minimum absolute atomic E-state index is 0.0300. The summed E-state index contributed by atoms with van der Waals surface area (Å²) in [6.45, 7) is 3.66. The molecule has 2 aliphatic heterocycles. The molecule has 2 aliphatic rings. The maximum atomic E-state index is 13.6. The zero-order valence-corrected chi connectivity index (χ0v) is 20.3. The number of hydrogen-bond acceptors (Lipinski definition) is 5. The Bertz CT molecular complexity index is 940. The van der Waals surface area contributed by atoms with E-state index in [9.17, 15) is 23.6 Å². The summed E-state index contributed by atoms with van der Waals surface area (Å²) in [6, 6.07) is 3.06. The molecule has 2 fully saturated rings. The van der Waals surface area contributed by atoms with E-state index in [1.54, 1.807) is 26.0 Å². The highest BCUT2D eigenvalue weighted by molar-refractivity contribution is 5.99. The Labute approximate surface area is 204 Å². The second-order valence-electron chi connectivity index (χ2n) is 9.50. The van der Waals surface area contributed by atoms with Crippen molar-refractivity contribution in [2.24, 2.45) is 0 Å². The minimum atomic E-state index is -1.32. The number of nitrogens with zero attached hydrogens (tertiary/aromatic N) is 1. The van der Waals surface area contributed by atoms with Gasteiger partial charge in [0.2, 0.25) is 23.6 Å². The first-order valence-corrected chi connectivity index (χ1v) is 12.3. The quantitative estimate of drug-likeness (QED) is 0.420. The van der Waals surface area contributed by atoms with Crippen molar-refractivity contribution >= 4 is 23.6 Å². The molecule has 10 heteroatoms. The van der Waals surface area contributed by atoms with Crippen LogP contribution in [0.3, 0.4) is 0 Å². The normalized spacial score (nSPS) is 27.9. The molecule has 0 aromatic heterocycles. The van der Waals surface area contributed by atoms with Gasteiger partial charge in [0.25, 0.3) is 0 Å². The van der Waals surface area contributed by atoms with Crippen LogP contribution in [-0.4, -0.2) is 70.5 Å². The van der Waals surface area contributed by atoms with Crippen LogP contribution in [0.2, 0.25) is 0 Å². The number of rotatable bonds is 7. The van der Waals surface area contributed by atoms with Gasteiger partial charge in [-0.3, -0.25) is 19.2 Å². The first-order chi connectivity index (χ1) is 16.7. The summed E-state index contributed by atoms with van der Waals surface area (Å²) in [6.07, 6.45) is 2.73. The molecule has 1 aromatic carbocycles. The summed E-state index contributed by atoms with van der Waals surface area (Å²) in [5, 5.41) is 17.5. The predicted octanol–water partition coefficient (Wildman–Crippen LogP) is 0.790. The summed E-state index contributed by atoms with van der Waals surface area (Å²) in [4.78, 5) is 54.8. The molecule has 0 bridgehead atoms. The fraction of sp³-hybridized carbons (Fsp3) is 0.600. The van der Waals surface area contributed by atoms with Crippen molar-refractivity contribution in [1.82, 2.24) is 20.9 Å². The highest BCUT2D eigenvalue weighted by Gasteiger charge is 2.43. The predicted molar refractivity (Wildman–Crippen MR) is 126 cm³/mol. The van der Waals surface area contributed by atoms with E-state index in [0.717, 1.165) is 0 Å². The van der Waals surface area contributed by atoms with Gasteiger partial charge >= 0.3 is 0 Å². The van der Waals surface area contributed by atoms with Crippen LogP contribution in [0.25, 0.3) is 0 Å². The van der Waals surface area contributed by atoms with Crippen molar-refractivity contribution in [3.05, 3.63) is 35.6 Å². The average molecular weight is 491 g/mol. The second kappa shape index (κ2) is 11.6. The van der Waals surface area contributed by atoms with Crippen molar-refractivity contribution in [2.75, 3.05) is 13.2 Å². The molecular formula is C25H35FN4O5. The lowest BCUT2D eigenvalue weighted by atomic mass is 9.94. The molecule has 4 amide bonds. The number of benzene rings is 1. The molecule has 0 unspecified atom stereocenters. The smallest absolute Gasteiger partial charge is 0.246 e. The van der Waals surface area contributed by atoms with Crippen molar-refractivity contribution in [2.45, 2.75) is 82.5 Å². The molecule has 4 atom stereocenters. The molecule has 0 spiro atoms. The largest absolute Gasteiger partial charge is 0.396 e. The summed E-state index contributed by atoms with van der Waals surface area (Å²) in [5.41, 5.74) is -0.661. The van der Waals surface area contributed by atoms with Gasteiger partial charge in [-0.2, -0.15) is 0 Å². The van der Waals surface area contributed by atoms with Crippen LogP contribution in [0, 0.1) is 5.82 Å². The summed E-state index contributed by atoms with van der Waals surface area (Å²) < 4.78 is 13.4. The molecule has 2 heterocycles. The number of nitrogens with one attached hydrogen (secondary N) is 3. The Morgan fingerprint density at radius 1 is 1.06 bits per heavy atom. The van der Waals surface area contributed by atoms with Crippen LogP contribution in [0.15, 0.2) is 24.3 Å². The SMILES string of the molecule is CC[C@]1(C)NC(=O)[C@H](CCCCO)NC(=O)[C@H]2CCCN2C(=O)[C@H](Cc2ccc(F)cc2)NC1=O. The third-order valence-electron chi connectivity index (χ3n) is 6.94. The molecule has 1 aromatic rings. The molecule has 9 nitrogen and oxygen atoms in total. The monoisotopic (exact) mass is 490 g/mol. The fourth-order valence-corrected chi connectivity index (χ4v) is 4.54. The topological polar surface area (TPSA) is 128 Å². The average Bonchev–Trinajstić information content (AvgIpc) is 3.33. The van der Waals surface area contributed by atoms with Crippen LogP contribution >= 0.6 is 0 Å². The Morgan fingerprint density at radius 2 is 1.77 bits per heavy atom. The Kier molecular flexibility index (Phi) is 8.82. The van der Waals surface area contributed by atoms with Gasteiger partial charge in [0.05, 0.1) is 0 Å². The van der Waals surface area contributed by atoms with Crippen LogP contribution < -0.4 is 16.0 Å². The van der Waals surface area contributed by atoms with E-state index >= 15 is 0 Å². The van der Waals surface area contributed by atoms with E-state index in [2.05, 4.69) is 16.0 Å². The minimum Gasteiger partial charge on any atom is -0.396 e. The molecule has 192 valence electrons. The molecule has 2 saturated heterocycles. The first-order valence-electron chi connectivity index (χ1n) is 12.3. The van der Waals surface area contributed by atoms with E-state index in [1.807, 2.05) is 0 Å². The highest BCUT2D eigenvalue weighted by Crippen LogP contribution is 2.22. The van der Waals surface area contributed by atoms with Crippen LogP contribution in [0.5, 0.6) is 0 Å². The number of hydrogen-bond donors (Lipinski definition) is 4. The lowest BCUT2D eigenvalue weighted by Crippen LogP contribution is -2.65. The second-order valence-corrected chi connectivity index (χ2v) is 9.50. The number of carbonyl (C=O) groups is 4. The molecule has 0 aliphatic carbocycles. The Hall–Kier alpha value is -3.01. The van der Waals surface area contributed by atoms with Gasteiger partial charge < -0.3 is 26.0 Å². The lowest BCUT2D eigenvalue weighted by Gasteiger charge is -2.35. The lowest BCUT2D eigenvalue weighted by molar-refractivity contribution is -0.144. The zero-order chi connectivity index (χ0) is 25.6. The first kappa shape index (κ1) is 26.6. The number of fused-ring (bicyclic) bond motifs is 1. The van der Waals surface area contributed by atoms with Crippen molar-refractivity contribution in [3.8, 4) is 0 Å². The molecule has 0 radical (unpaired) electrons. The van der Waals surface area contributed by atoms with E-state index in [4.69, 9.17) is 5.11 Å². The number of aliphatic hydroxyl groups is 1. The van der Waals surface area contributed by atoms with E-state index in [-0.39, 0.29) is 25.4 Å². The number of aliphatic hydroxyl groups excluding tert-OH is 1. The molecule has 3 rings (SSSR count). The summed E-state index contributed by atoms with van der Waals surface area (Å²) in [7, 11) is 0. The van der Waals surface area contributed by atoms with Crippen LogP contribution in [0.4, 0.5) is 4.39 Å². The molecule has 4 N–H and O–H groups in total. The summed E-state index contributed by atoms with van der Waals surface area (Å²) in [5.74, 6) is -2.20. The van der Waals surface area contributed by atoms with E-state index < -0.39 is 47.2 Å². The Balaban J connectivity index is 1.94. The van der Waals surface area contributed by atoms with Gasteiger partial charge in [-0.25, -0.2) is 4.39 Å². The standard InChI is InChI=1S/C25H35FN4O5/c1-3-25(2)24(35)28-19(15-16-9-11-17(26)12-10-16)23(34)30-13-6-8-20(30)22(33)27-18(21(32)29-25)7-4-5-14-31/h9-12,18-20,31H,3-8,13-15H2,1-2H3,(H,27,33)(H,28,35)(H,29,32)/t18-,19-,20+,25-/m0/s1. The van der Waals surface area contributed by atoms with Crippen molar-refractivity contribution in [3.63, 3.8) is 0 Å². The van der Waals surface area contributed by atoms with Gasteiger partial charge in [0.15, 0.2) is 0 Å². The highest BCUT2D eigenvalue weighted by atomic mass is 19.1. The van der Waals surface area contributed by atoms with Crippen molar-refractivity contribution in [1.29, 1.82) is 0 Å². The molecular weight excluding hydrogens is 455 g/mol. The number of carbonyl (C=O) groups excluding carboxylic acids is 4. The third-order valence-corrected chi connectivity index (χ3v) is 6.94. The fourth-order valence-electron chi connectivity index (χ4n) is 4.54. The summed E-state index contributed by atoms with van der Waals surface area (Å²) >= 11 is 0. The van der Waals surface area contributed by atoms with Crippen LogP contribution in [0.1, 0.15) is 57.9 Å². The Morgan fingerprint density at radius 3 is 2.43 bits per heavy atom. The third kappa shape index (κ3) is 6.36. The maximum Gasteiger partial charge on any atom is 0.246 e. The molecule has 0 saturated carbocycles. The van der Waals surface area contributed by atoms with Gasteiger partial charge in [0.1, 0.15) is 29.5 Å². The number of unbranched alkanes of at least 4 members (excludes halogenated alkanes) is 1. The zero-order valence-electron chi connectivity index (χ0n) is 20.3. The van der Waals surface area contributed by atoms with Gasteiger partial charge in [-0.15, -0.1) is 0 Å². The van der Waals surface area contributed by atoms with Crippen molar-refractivity contribution < 1.29 is 28.7 Å². The van der Waals surface area contributed by atoms with Gasteiger partial charge in [0, 0.05) is 19.6 Å². The maximum absolute atomic E-state index is 13.6. The van der Waals surface area contributed by atoms with Gasteiger partial charge in [-0.1, -0.05) is 19.1 Å². The van der Waals surface area contributed by atoms with Crippen LogP contribution in [-0.2, 0) is 25.6 Å². The van der Waals surface area contributed by atoms with E-state index in [1.165, 1.54) is 17.0 Å². The van der Waals surface area contributed by atoms with E-state index in [0.29, 0.717) is 44.2 Å².